The molecule has 0 atom stereocenters. The van der Waals surface area contributed by atoms with Crippen LogP contribution in [0.3, 0.4) is 0 Å². The Hall–Kier alpha value is 48.0. The molecule has 500 valence electrons. The van der Waals surface area contributed by atoms with Gasteiger partial charge in [-0.1, -0.05) is 0 Å². The molecule has 0 fully saturated rings. The number of hydrogen-bond acceptors (Lipinski definition) is 0. The molecule has 0 aliphatic carbocycles. The average molecular weight is 2100 g/mol. The maximum atomic E-state index is 0. The standard InChI is InChI=1S/50Na.50H2O.50H/h;;;;;;;;;;;;;;;;;;;;;;;;;;;;;;;;;;;;;;;;;;;;;;;;;;50*1H2;;;;;;;;;;;;;;;;;;;;;;;;;;;;;;;;;;;;;;;;;;;;;;;;;;. The zero-order chi connectivity index (χ0) is 0. The van der Waals surface area contributed by atoms with E-state index in [0.29, 0.717) is 0 Å². The van der Waals surface area contributed by atoms with E-state index in [1.165, 1.54) is 0 Å². The summed E-state index contributed by atoms with van der Waals surface area (Å²) in [5.41, 5.74) is 0. The van der Waals surface area contributed by atoms with Crippen molar-refractivity contribution >= 4 is 1480 Å². The van der Waals surface area contributed by atoms with Gasteiger partial charge in [-0.2, -0.15) is 0 Å². The van der Waals surface area contributed by atoms with Crippen LogP contribution in [-0.2, 0) is 0 Å². The molecule has 0 saturated heterocycles. The molecule has 0 heterocycles. The normalized spacial score (nSPS) is 0. The minimum atomic E-state index is 0. The third-order valence-corrected chi connectivity index (χ3v) is 0. The molecular formula is H150Na50O50. The first-order valence-electron chi connectivity index (χ1n) is 0. The van der Waals surface area contributed by atoms with Gasteiger partial charge in [-0.3, -0.25) is 0 Å². The van der Waals surface area contributed by atoms with Crippen molar-refractivity contribution < 1.29 is 274 Å². The van der Waals surface area contributed by atoms with Gasteiger partial charge in [0.25, 0.3) is 0 Å². The van der Waals surface area contributed by atoms with E-state index in [9.17, 15) is 0 Å². The summed E-state index contributed by atoms with van der Waals surface area (Å²) in [6.45, 7) is 0. The van der Waals surface area contributed by atoms with E-state index in [1.54, 1.807) is 0 Å². The van der Waals surface area contributed by atoms with Crippen LogP contribution >= 0.6 is 0 Å². The van der Waals surface area contributed by atoms with Gasteiger partial charge in [0.1, 0.15) is 0 Å². The van der Waals surface area contributed by atoms with Crippen LogP contribution in [0.5, 0.6) is 0 Å². The van der Waals surface area contributed by atoms with Crippen LogP contribution in [0.2, 0.25) is 0 Å². The van der Waals surface area contributed by atoms with E-state index in [4.69, 9.17) is 0 Å². The number of hydrogen-bond donors (Lipinski definition) is 0. The van der Waals surface area contributed by atoms with E-state index < -0.39 is 0 Å². The van der Waals surface area contributed by atoms with Crippen molar-refractivity contribution in [3.63, 3.8) is 0 Å². The Morgan fingerprint density at radius 1 is 0.0200 bits per heavy atom. The SMILES string of the molecule is O.O.O.O.O.O.O.O.O.O.O.O.O.O.O.O.O.O.O.O.O.O.O.O.O.O.O.O.O.O.O.O.O.O.O.O.O.O.O.O.O.O.O.O.O.O.O.O.O.O.[NaH].[NaH].[NaH].[NaH].[NaH].[NaH].[NaH].[NaH].[NaH].[NaH].[NaH].[NaH].[NaH].[NaH].[NaH].[NaH].[NaH].[NaH].[NaH].[NaH].[NaH].[NaH].[NaH].[NaH].[NaH].[NaH].[NaH].[NaH].[NaH].[NaH].[NaH].[NaH].[NaH].[NaH].[NaH].[NaH].[NaH].[NaH].[NaH].[NaH].[NaH].[NaH].[NaH].[NaH].[NaH].[NaH].[NaH].[NaH].[NaH].[NaH]. The quantitative estimate of drug-likeness (QED) is 0.204. The summed E-state index contributed by atoms with van der Waals surface area (Å²) >= 11 is 0. The molecular weight excluding hydrogens is 1950 g/mol. The summed E-state index contributed by atoms with van der Waals surface area (Å²) in [4.78, 5) is 0. The molecule has 100 heteroatoms. The van der Waals surface area contributed by atoms with Crippen molar-refractivity contribution in [1.29, 1.82) is 0 Å². The molecule has 0 aromatic rings. The van der Waals surface area contributed by atoms with Gasteiger partial charge in [0.2, 0.25) is 0 Å². The van der Waals surface area contributed by atoms with Crippen LogP contribution in [0.15, 0.2) is 0 Å². The van der Waals surface area contributed by atoms with Gasteiger partial charge in [-0.05, 0) is 0 Å². The van der Waals surface area contributed by atoms with Crippen molar-refractivity contribution in [3.8, 4) is 0 Å². The maximum absolute atomic E-state index is 0. The number of rotatable bonds is 0. The van der Waals surface area contributed by atoms with Crippen LogP contribution in [0, 0.1) is 0 Å². The summed E-state index contributed by atoms with van der Waals surface area (Å²) in [6, 6.07) is 0. The molecule has 0 saturated carbocycles. The predicted octanol–water partition coefficient (Wildman–Crippen LogP) is -73.7. The molecule has 50 nitrogen and oxygen atoms in total. The molecule has 100 heavy (non-hydrogen) atoms. The van der Waals surface area contributed by atoms with E-state index in [0.717, 1.165) is 0 Å². The fourth-order valence-corrected chi connectivity index (χ4v) is 0. The van der Waals surface area contributed by atoms with E-state index in [1.807, 2.05) is 0 Å². The Morgan fingerprint density at radius 2 is 0.0200 bits per heavy atom. The van der Waals surface area contributed by atoms with E-state index in [2.05, 4.69) is 0 Å². The van der Waals surface area contributed by atoms with Crippen molar-refractivity contribution in [1.82, 2.24) is 0 Å². The molecule has 0 aliphatic heterocycles. The second kappa shape index (κ2) is 1360. The molecule has 0 aliphatic rings. The van der Waals surface area contributed by atoms with E-state index >= 15 is 0 Å². The van der Waals surface area contributed by atoms with Gasteiger partial charge in [-0.15, -0.1) is 0 Å². The third kappa shape index (κ3) is 1330. The second-order valence-corrected chi connectivity index (χ2v) is 0. The summed E-state index contributed by atoms with van der Waals surface area (Å²) in [6.07, 6.45) is 0. The van der Waals surface area contributed by atoms with Gasteiger partial charge in [0, 0.05) is 0 Å². The molecule has 0 spiro atoms. The van der Waals surface area contributed by atoms with Crippen molar-refractivity contribution in [2.45, 2.75) is 0 Å². The van der Waals surface area contributed by atoms with Crippen LogP contribution < -0.4 is 0 Å². The topological polar surface area (TPSA) is 1580 Å². The Labute approximate surface area is 1700 Å². The van der Waals surface area contributed by atoms with Gasteiger partial charge in [0.15, 0.2) is 0 Å². The van der Waals surface area contributed by atoms with Crippen molar-refractivity contribution in [2.24, 2.45) is 0 Å². The predicted molar refractivity (Wildman–Crippen MR) is 538 cm³/mol. The van der Waals surface area contributed by atoms with Gasteiger partial charge in [-0.25, -0.2) is 0 Å². The zero-order valence-electron chi connectivity index (χ0n) is 25.0. The van der Waals surface area contributed by atoms with Crippen LogP contribution in [0.4, 0.5) is 0 Å². The first-order chi connectivity index (χ1) is 0. The fourth-order valence-electron chi connectivity index (χ4n) is 0. The second-order valence-electron chi connectivity index (χ2n) is 0. The summed E-state index contributed by atoms with van der Waals surface area (Å²) < 4.78 is 0. The average Bonchev–Trinajstić information content (AvgIpc) is 0. The summed E-state index contributed by atoms with van der Waals surface area (Å²) in [7, 11) is 0. The van der Waals surface area contributed by atoms with Gasteiger partial charge in [0.05, 0.1) is 0 Å². The minimum absolute atomic E-state index is 0. The monoisotopic (exact) mass is 2100 g/mol. The summed E-state index contributed by atoms with van der Waals surface area (Å²) in [5, 5.41) is 0. The van der Waals surface area contributed by atoms with E-state index in [-0.39, 0.29) is 1750 Å². The first kappa shape index (κ1) is 1390. The molecule has 0 unspecified atom stereocenters. The van der Waals surface area contributed by atoms with Crippen LogP contribution in [0.1, 0.15) is 0 Å². The van der Waals surface area contributed by atoms with Gasteiger partial charge < -0.3 is 274 Å². The van der Waals surface area contributed by atoms with Crippen molar-refractivity contribution in [3.05, 3.63) is 0 Å². The molecule has 0 radical (unpaired) electrons. The molecule has 0 aromatic carbocycles. The summed E-state index contributed by atoms with van der Waals surface area (Å²) in [5.74, 6) is 0. The van der Waals surface area contributed by atoms with Crippen LogP contribution in [-0.4, -0.2) is 1750 Å². The fraction of sp³-hybridized carbons (Fsp3) is 0. The Balaban J connectivity index is 0. The molecule has 0 aromatic heterocycles. The Kier molecular flexibility index (Phi) is 18900. The van der Waals surface area contributed by atoms with Crippen LogP contribution in [0.25, 0.3) is 0 Å². The van der Waals surface area contributed by atoms with Crippen molar-refractivity contribution in [2.75, 3.05) is 0 Å². The molecule has 0 bridgehead atoms. The van der Waals surface area contributed by atoms with Gasteiger partial charge >= 0.3 is 1480 Å². The first-order valence-corrected chi connectivity index (χ1v) is 0. The third-order valence-electron chi connectivity index (χ3n) is 0. The molecule has 0 amide bonds. The molecule has 0 rings (SSSR count). The Bertz CT molecular complexity index is 100. The molecule has 100 N–H and O–H groups in total. The Morgan fingerprint density at radius 3 is 0.0200 bits per heavy atom. The zero-order valence-corrected chi connectivity index (χ0v) is 25.0.